The minimum Gasteiger partial charge on any atom is -0.352 e. The van der Waals surface area contributed by atoms with Gasteiger partial charge >= 0.3 is 5.51 Å². The minimum absolute atomic E-state index is 0.0713. The van der Waals surface area contributed by atoms with E-state index in [1.807, 2.05) is 0 Å². The number of amides is 1. The number of halogens is 3. The number of carbonyl (C=O) groups excluding carboxylic acids is 1. The van der Waals surface area contributed by atoms with Crippen LogP contribution in [0.15, 0.2) is 0 Å². The first-order valence-electron chi connectivity index (χ1n) is 6.63. The lowest BCUT2D eigenvalue weighted by atomic mass is 9.95. The Morgan fingerprint density at radius 1 is 1.32 bits per heavy atom. The number of thioether (sulfide) groups is 1. The van der Waals surface area contributed by atoms with Gasteiger partial charge in [0.25, 0.3) is 0 Å². The Balaban J connectivity index is 2.14. The normalized spacial score (nSPS) is 19.2. The van der Waals surface area contributed by atoms with E-state index in [0.29, 0.717) is 0 Å². The molecule has 1 aliphatic carbocycles. The molecule has 1 rings (SSSR count). The van der Waals surface area contributed by atoms with E-state index in [0.717, 1.165) is 25.7 Å². The Labute approximate surface area is 116 Å². The summed E-state index contributed by atoms with van der Waals surface area (Å²) >= 11 is -0.0713. The maximum Gasteiger partial charge on any atom is 0.441 e. The van der Waals surface area contributed by atoms with Crippen LogP contribution in [0.1, 0.15) is 39.0 Å². The molecule has 0 bridgehead atoms. The van der Waals surface area contributed by atoms with Crippen molar-refractivity contribution in [3.05, 3.63) is 0 Å². The van der Waals surface area contributed by atoms with Crippen LogP contribution in [0.2, 0.25) is 0 Å². The summed E-state index contributed by atoms with van der Waals surface area (Å²) in [6, 6.07) is -0.217. The molecule has 1 aliphatic rings. The third-order valence-corrected chi connectivity index (χ3v) is 3.90. The van der Waals surface area contributed by atoms with Gasteiger partial charge < -0.3 is 10.6 Å². The third kappa shape index (κ3) is 7.67. The molecule has 0 aromatic carbocycles. The Morgan fingerprint density at radius 2 is 1.95 bits per heavy atom. The molecule has 3 nitrogen and oxygen atoms in total. The first kappa shape index (κ1) is 16.6. The smallest absolute Gasteiger partial charge is 0.352 e. The summed E-state index contributed by atoms with van der Waals surface area (Å²) in [5, 5.41) is 5.76. The van der Waals surface area contributed by atoms with Gasteiger partial charge in [-0.25, -0.2) is 0 Å². The quantitative estimate of drug-likeness (QED) is 0.741. The zero-order chi connectivity index (χ0) is 14.3. The van der Waals surface area contributed by atoms with Gasteiger partial charge in [-0.15, -0.1) is 0 Å². The zero-order valence-electron chi connectivity index (χ0n) is 11.1. The second-order valence-electron chi connectivity index (χ2n) is 4.81. The number of carbonyl (C=O) groups is 1. The van der Waals surface area contributed by atoms with Gasteiger partial charge in [-0.1, -0.05) is 19.3 Å². The van der Waals surface area contributed by atoms with Crippen molar-refractivity contribution >= 4 is 17.7 Å². The Kier molecular flexibility index (Phi) is 6.99. The summed E-state index contributed by atoms with van der Waals surface area (Å²) in [6.07, 6.45) is 5.49. The molecule has 112 valence electrons. The molecule has 1 atom stereocenters. The first-order valence-corrected chi connectivity index (χ1v) is 7.61. The number of alkyl halides is 3. The van der Waals surface area contributed by atoms with Gasteiger partial charge in [-0.2, -0.15) is 13.2 Å². The zero-order valence-corrected chi connectivity index (χ0v) is 11.9. The van der Waals surface area contributed by atoms with Crippen LogP contribution in [0, 0.1) is 0 Å². The van der Waals surface area contributed by atoms with E-state index >= 15 is 0 Å². The Hall–Kier alpha value is -0.430. The third-order valence-electron chi connectivity index (χ3n) is 3.16. The SMILES string of the molecule is CC(NCCSC(F)(F)F)C(=O)NC1CCCCC1. The molecule has 0 aromatic heterocycles. The average molecular weight is 298 g/mol. The standard InChI is InChI=1S/C12H21F3N2OS/c1-9(16-7-8-19-12(13,14)15)11(18)17-10-5-3-2-4-6-10/h9-10,16H,2-8H2,1H3,(H,17,18). The van der Waals surface area contributed by atoms with Gasteiger partial charge in [-0.3, -0.25) is 4.79 Å². The highest BCUT2D eigenvalue weighted by Gasteiger charge is 2.27. The van der Waals surface area contributed by atoms with E-state index in [-0.39, 0.29) is 36.0 Å². The molecule has 0 aromatic rings. The summed E-state index contributed by atoms with van der Waals surface area (Å²) in [4.78, 5) is 11.8. The van der Waals surface area contributed by atoms with E-state index in [4.69, 9.17) is 0 Å². The van der Waals surface area contributed by atoms with Gasteiger partial charge in [0.2, 0.25) is 5.91 Å². The van der Waals surface area contributed by atoms with E-state index < -0.39 is 11.6 Å². The molecule has 0 radical (unpaired) electrons. The summed E-state index contributed by atoms with van der Waals surface area (Å²) in [6.45, 7) is 1.85. The van der Waals surface area contributed by atoms with Gasteiger partial charge in [-0.05, 0) is 31.5 Å². The lowest BCUT2D eigenvalue weighted by Gasteiger charge is -2.24. The fourth-order valence-corrected chi connectivity index (χ4v) is 2.56. The van der Waals surface area contributed by atoms with Crippen LogP contribution in [0.4, 0.5) is 13.2 Å². The highest BCUT2D eigenvalue weighted by atomic mass is 32.2. The summed E-state index contributed by atoms with van der Waals surface area (Å²) in [7, 11) is 0. The largest absolute Gasteiger partial charge is 0.441 e. The maximum absolute atomic E-state index is 11.9. The molecule has 1 unspecified atom stereocenters. The molecule has 0 saturated heterocycles. The van der Waals surface area contributed by atoms with Crippen LogP contribution < -0.4 is 10.6 Å². The van der Waals surface area contributed by atoms with Crippen LogP contribution in [-0.2, 0) is 4.79 Å². The van der Waals surface area contributed by atoms with Crippen molar-refractivity contribution in [3.63, 3.8) is 0 Å². The van der Waals surface area contributed by atoms with Crippen molar-refractivity contribution < 1.29 is 18.0 Å². The number of nitrogens with one attached hydrogen (secondary N) is 2. The van der Waals surface area contributed by atoms with Crippen LogP contribution in [-0.4, -0.2) is 35.8 Å². The first-order chi connectivity index (χ1) is 8.88. The molecule has 0 aliphatic heterocycles. The number of rotatable bonds is 6. The maximum atomic E-state index is 11.9. The molecule has 7 heteroatoms. The highest BCUT2D eigenvalue weighted by Crippen LogP contribution is 2.29. The molecule has 1 fully saturated rings. The topological polar surface area (TPSA) is 41.1 Å². The lowest BCUT2D eigenvalue weighted by Crippen LogP contribution is -2.47. The van der Waals surface area contributed by atoms with Crippen LogP contribution in [0.25, 0.3) is 0 Å². The molecular formula is C12H21F3N2OS. The second-order valence-corrected chi connectivity index (χ2v) is 5.97. The lowest BCUT2D eigenvalue weighted by molar-refractivity contribution is -0.123. The van der Waals surface area contributed by atoms with E-state index in [9.17, 15) is 18.0 Å². The Morgan fingerprint density at radius 3 is 2.53 bits per heavy atom. The Bertz CT molecular complexity index is 281. The summed E-state index contributed by atoms with van der Waals surface area (Å²) < 4.78 is 35.7. The van der Waals surface area contributed by atoms with Gasteiger partial charge in [0, 0.05) is 18.3 Å². The van der Waals surface area contributed by atoms with Gasteiger partial charge in [0.05, 0.1) is 6.04 Å². The molecule has 2 N–H and O–H groups in total. The summed E-state index contributed by atoms with van der Waals surface area (Å²) in [5.41, 5.74) is -4.20. The van der Waals surface area contributed by atoms with E-state index in [2.05, 4.69) is 10.6 Å². The average Bonchev–Trinajstić information content (AvgIpc) is 2.34. The second kappa shape index (κ2) is 7.99. The molecule has 19 heavy (non-hydrogen) atoms. The molecule has 0 heterocycles. The molecule has 1 amide bonds. The predicted molar refractivity (Wildman–Crippen MR) is 71.0 cm³/mol. The molecular weight excluding hydrogens is 277 g/mol. The summed E-state index contributed by atoms with van der Waals surface area (Å²) in [5.74, 6) is -0.200. The van der Waals surface area contributed by atoms with Crippen molar-refractivity contribution in [2.75, 3.05) is 12.3 Å². The highest BCUT2D eigenvalue weighted by molar-refractivity contribution is 8.00. The fraction of sp³-hybridized carbons (Fsp3) is 0.917. The van der Waals surface area contributed by atoms with Gasteiger partial charge in [0.1, 0.15) is 0 Å². The van der Waals surface area contributed by atoms with Gasteiger partial charge in [0.15, 0.2) is 0 Å². The predicted octanol–water partition coefficient (Wildman–Crippen LogP) is 2.67. The van der Waals surface area contributed by atoms with Crippen molar-refractivity contribution in [1.29, 1.82) is 0 Å². The van der Waals surface area contributed by atoms with Crippen molar-refractivity contribution in [2.45, 2.75) is 56.6 Å². The minimum atomic E-state index is -4.20. The number of hydrogen-bond donors (Lipinski definition) is 2. The van der Waals surface area contributed by atoms with Crippen LogP contribution in [0.3, 0.4) is 0 Å². The number of hydrogen-bond acceptors (Lipinski definition) is 3. The van der Waals surface area contributed by atoms with Crippen molar-refractivity contribution in [1.82, 2.24) is 10.6 Å². The van der Waals surface area contributed by atoms with E-state index in [1.54, 1.807) is 6.92 Å². The van der Waals surface area contributed by atoms with E-state index in [1.165, 1.54) is 6.42 Å². The van der Waals surface area contributed by atoms with Crippen LogP contribution >= 0.6 is 11.8 Å². The van der Waals surface area contributed by atoms with Crippen LogP contribution in [0.5, 0.6) is 0 Å². The molecule has 0 spiro atoms. The molecule has 1 saturated carbocycles. The fourth-order valence-electron chi connectivity index (χ4n) is 2.11. The monoisotopic (exact) mass is 298 g/mol. The van der Waals surface area contributed by atoms with Crippen molar-refractivity contribution in [3.8, 4) is 0 Å². The van der Waals surface area contributed by atoms with Crippen molar-refractivity contribution in [2.24, 2.45) is 0 Å².